The molecule has 0 saturated heterocycles. The van der Waals surface area contributed by atoms with Crippen molar-refractivity contribution in [2.75, 3.05) is 6.61 Å². The molecule has 8 heteroatoms. The first-order valence-corrected chi connectivity index (χ1v) is 7.85. The van der Waals surface area contributed by atoms with Crippen LogP contribution in [0.3, 0.4) is 0 Å². The fraction of sp³-hybridized carbons (Fsp3) is 0.294. The molecule has 3 rings (SSSR count). The van der Waals surface area contributed by atoms with Gasteiger partial charge in [-0.05, 0) is 35.8 Å². The number of hydrogen-bond acceptors (Lipinski definition) is 6. The van der Waals surface area contributed by atoms with Crippen LogP contribution < -0.4 is 0 Å². The predicted octanol–water partition coefficient (Wildman–Crippen LogP) is 1.36. The molecule has 7 nitrogen and oxygen atoms in total. The van der Waals surface area contributed by atoms with Crippen LogP contribution in [0.4, 0.5) is 4.39 Å². The van der Waals surface area contributed by atoms with E-state index >= 15 is 0 Å². The van der Waals surface area contributed by atoms with Crippen molar-refractivity contribution in [3.63, 3.8) is 0 Å². The van der Waals surface area contributed by atoms with Crippen LogP contribution in [-0.4, -0.2) is 48.1 Å². The Morgan fingerprint density at radius 3 is 2.68 bits per heavy atom. The fourth-order valence-corrected chi connectivity index (χ4v) is 2.44. The normalized spacial score (nSPS) is 12.3. The fourth-order valence-electron chi connectivity index (χ4n) is 2.44. The van der Waals surface area contributed by atoms with Gasteiger partial charge in [-0.25, -0.2) is 4.39 Å². The summed E-state index contributed by atoms with van der Waals surface area (Å²) in [7, 11) is 1.67. The number of aryl methyl sites for hydroxylation is 2. The molecular formula is C17H18FN5O2. The minimum Gasteiger partial charge on any atom is -0.394 e. The SMILES string of the molecule is Cn1nnc(-c2ccc(-c3ccc(CC[C@@H](O)CO)cc3F)cn2)n1. The van der Waals surface area contributed by atoms with Crippen molar-refractivity contribution < 1.29 is 14.6 Å². The maximum Gasteiger partial charge on any atom is 0.223 e. The lowest BCUT2D eigenvalue weighted by atomic mass is 10.0. The number of aliphatic hydroxyl groups is 2. The third-order valence-corrected chi connectivity index (χ3v) is 3.82. The van der Waals surface area contributed by atoms with Gasteiger partial charge in [0.15, 0.2) is 0 Å². The van der Waals surface area contributed by atoms with E-state index in [0.29, 0.717) is 35.5 Å². The molecule has 0 fully saturated rings. The van der Waals surface area contributed by atoms with Crippen molar-refractivity contribution in [2.24, 2.45) is 7.05 Å². The summed E-state index contributed by atoms with van der Waals surface area (Å²) in [5, 5.41) is 29.9. The van der Waals surface area contributed by atoms with Gasteiger partial charge in [0.1, 0.15) is 11.5 Å². The van der Waals surface area contributed by atoms with E-state index < -0.39 is 6.10 Å². The third-order valence-electron chi connectivity index (χ3n) is 3.82. The van der Waals surface area contributed by atoms with Crippen LogP contribution in [0.2, 0.25) is 0 Å². The maximum absolute atomic E-state index is 14.4. The van der Waals surface area contributed by atoms with Gasteiger partial charge in [0.25, 0.3) is 0 Å². The molecule has 0 unspecified atom stereocenters. The second-order valence-electron chi connectivity index (χ2n) is 5.72. The van der Waals surface area contributed by atoms with E-state index in [1.165, 1.54) is 10.9 Å². The zero-order valence-corrected chi connectivity index (χ0v) is 13.7. The van der Waals surface area contributed by atoms with E-state index in [4.69, 9.17) is 5.11 Å². The highest BCUT2D eigenvalue weighted by atomic mass is 19.1. The number of aliphatic hydroxyl groups excluding tert-OH is 2. The highest BCUT2D eigenvalue weighted by molar-refractivity contribution is 5.65. The number of aromatic nitrogens is 5. The van der Waals surface area contributed by atoms with Gasteiger partial charge in [-0.1, -0.05) is 18.2 Å². The van der Waals surface area contributed by atoms with E-state index in [0.717, 1.165) is 5.56 Å². The zero-order chi connectivity index (χ0) is 17.8. The minimum absolute atomic E-state index is 0.292. The van der Waals surface area contributed by atoms with Gasteiger partial charge < -0.3 is 10.2 Å². The Bertz CT molecular complexity index is 850. The Balaban J connectivity index is 1.77. The van der Waals surface area contributed by atoms with Gasteiger partial charge >= 0.3 is 0 Å². The number of hydrogen-bond donors (Lipinski definition) is 2. The van der Waals surface area contributed by atoms with Crippen LogP contribution >= 0.6 is 0 Å². The molecule has 0 aliphatic rings. The van der Waals surface area contributed by atoms with Gasteiger partial charge in [0.2, 0.25) is 5.82 Å². The van der Waals surface area contributed by atoms with Crippen molar-refractivity contribution in [2.45, 2.75) is 18.9 Å². The molecule has 130 valence electrons. The summed E-state index contributed by atoms with van der Waals surface area (Å²) in [6, 6.07) is 8.41. The molecule has 0 aliphatic heterocycles. The lowest BCUT2D eigenvalue weighted by molar-refractivity contribution is 0.0885. The van der Waals surface area contributed by atoms with E-state index in [-0.39, 0.29) is 12.4 Å². The number of benzene rings is 1. The maximum atomic E-state index is 14.4. The summed E-state index contributed by atoms with van der Waals surface area (Å²) in [5.41, 5.74) is 2.42. The van der Waals surface area contributed by atoms with E-state index in [9.17, 15) is 9.50 Å². The van der Waals surface area contributed by atoms with Crippen LogP contribution in [0, 0.1) is 5.82 Å². The Labute approximate surface area is 143 Å². The average Bonchev–Trinajstić information content (AvgIpc) is 3.06. The lowest BCUT2D eigenvalue weighted by Crippen LogP contribution is -2.12. The molecule has 25 heavy (non-hydrogen) atoms. The molecule has 0 bridgehead atoms. The summed E-state index contributed by atoms with van der Waals surface area (Å²) >= 11 is 0. The molecule has 2 heterocycles. The predicted molar refractivity (Wildman–Crippen MR) is 88.8 cm³/mol. The second kappa shape index (κ2) is 7.45. The zero-order valence-electron chi connectivity index (χ0n) is 13.7. The van der Waals surface area contributed by atoms with Crippen LogP contribution in [0.15, 0.2) is 36.5 Å². The van der Waals surface area contributed by atoms with Gasteiger partial charge in [0.05, 0.1) is 19.8 Å². The molecule has 0 saturated carbocycles. The minimum atomic E-state index is -0.783. The largest absolute Gasteiger partial charge is 0.394 e. The molecule has 0 aliphatic carbocycles. The van der Waals surface area contributed by atoms with Crippen LogP contribution in [0.1, 0.15) is 12.0 Å². The van der Waals surface area contributed by atoms with Gasteiger partial charge in [0, 0.05) is 17.3 Å². The Morgan fingerprint density at radius 1 is 1.24 bits per heavy atom. The van der Waals surface area contributed by atoms with Crippen molar-refractivity contribution in [3.05, 3.63) is 47.9 Å². The highest BCUT2D eigenvalue weighted by Gasteiger charge is 2.10. The van der Waals surface area contributed by atoms with E-state index in [1.54, 1.807) is 37.5 Å². The van der Waals surface area contributed by atoms with Gasteiger partial charge in [-0.3, -0.25) is 4.98 Å². The van der Waals surface area contributed by atoms with Gasteiger partial charge in [-0.2, -0.15) is 4.80 Å². The number of halogens is 1. The summed E-state index contributed by atoms with van der Waals surface area (Å²) in [4.78, 5) is 5.61. The summed E-state index contributed by atoms with van der Waals surface area (Å²) in [6.07, 6.45) is 1.67. The molecular weight excluding hydrogens is 325 g/mol. The smallest absolute Gasteiger partial charge is 0.223 e. The first kappa shape index (κ1) is 17.1. The first-order chi connectivity index (χ1) is 12.1. The summed E-state index contributed by atoms with van der Waals surface area (Å²) in [6.45, 7) is -0.292. The molecule has 1 aromatic carbocycles. The third kappa shape index (κ3) is 4.04. The summed E-state index contributed by atoms with van der Waals surface area (Å²) in [5.74, 6) is 0.0514. The second-order valence-corrected chi connectivity index (χ2v) is 5.72. The average molecular weight is 343 g/mol. The molecule has 3 aromatic rings. The quantitative estimate of drug-likeness (QED) is 0.701. The topological polar surface area (TPSA) is 97.0 Å². The molecule has 2 N–H and O–H groups in total. The molecule has 0 amide bonds. The molecule has 2 aromatic heterocycles. The Kier molecular flexibility index (Phi) is 5.11. The standard InChI is InChI=1S/C17H18FN5O2/c1-23-21-17(20-22-23)16-7-4-12(9-19-16)14-6-3-11(8-15(14)18)2-5-13(25)10-24/h3-4,6-9,13,24-25H,2,5,10H2,1H3/t13-/m1/s1. The van der Waals surface area contributed by atoms with Crippen molar-refractivity contribution in [1.82, 2.24) is 25.2 Å². The van der Waals surface area contributed by atoms with Crippen LogP contribution in [0.25, 0.3) is 22.6 Å². The highest BCUT2D eigenvalue weighted by Crippen LogP contribution is 2.25. The van der Waals surface area contributed by atoms with E-state index in [1.807, 2.05) is 0 Å². The Morgan fingerprint density at radius 2 is 2.08 bits per heavy atom. The van der Waals surface area contributed by atoms with E-state index in [2.05, 4.69) is 20.4 Å². The van der Waals surface area contributed by atoms with Crippen molar-refractivity contribution >= 4 is 0 Å². The molecule has 1 atom stereocenters. The number of rotatable bonds is 6. The number of tetrazole rings is 1. The van der Waals surface area contributed by atoms with Crippen LogP contribution in [-0.2, 0) is 13.5 Å². The van der Waals surface area contributed by atoms with Crippen molar-refractivity contribution in [3.8, 4) is 22.6 Å². The van der Waals surface area contributed by atoms with Crippen LogP contribution in [0.5, 0.6) is 0 Å². The Hall–Kier alpha value is -2.71. The summed E-state index contributed by atoms with van der Waals surface area (Å²) < 4.78 is 14.4. The number of nitrogens with zero attached hydrogens (tertiary/aromatic N) is 5. The lowest BCUT2D eigenvalue weighted by Gasteiger charge is -2.09. The monoisotopic (exact) mass is 343 g/mol. The first-order valence-electron chi connectivity index (χ1n) is 7.85. The molecule has 0 radical (unpaired) electrons. The van der Waals surface area contributed by atoms with Gasteiger partial charge in [-0.15, -0.1) is 10.2 Å². The molecule has 0 spiro atoms. The number of pyridine rings is 1. The van der Waals surface area contributed by atoms with Crippen molar-refractivity contribution in [1.29, 1.82) is 0 Å².